The van der Waals surface area contributed by atoms with E-state index in [0.29, 0.717) is 12.8 Å². The Morgan fingerprint density at radius 2 is 2.00 bits per heavy atom. The summed E-state index contributed by atoms with van der Waals surface area (Å²) in [6.07, 6.45) is -2.97. The van der Waals surface area contributed by atoms with E-state index in [-0.39, 0.29) is 19.0 Å². The fraction of sp³-hybridized carbons (Fsp3) is 0.875. The lowest BCUT2D eigenvalue weighted by molar-refractivity contribution is -0.162. The van der Waals surface area contributed by atoms with Crippen LogP contribution in [0.25, 0.3) is 0 Å². The van der Waals surface area contributed by atoms with Gasteiger partial charge in [-0.2, -0.15) is 13.2 Å². The molecule has 0 atom stereocenters. The van der Waals surface area contributed by atoms with Crippen LogP contribution in [0.5, 0.6) is 0 Å². The molecule has 0 unspecified atom stereocenters. The minimum Gasteiger partial charge on any atom is -0.331 e. The third-order valence-electron chi connectivity index (χ3n) is 2.02. The summed E-state index contributed by atoms with van der Waals surface area (Å²) in [5, 5.41) is 0. The molecule has 1 amide bonds. The standard InChI is InChI=1S/C8H13F3N2O/c9-8(10,11)5-13(6-1-2-6)7(14)3-4-12/h6H,1-5,12H2. The second-order valence-corrected chi connectivity index (χ2v) is 3.41. The van der Waals surface area contributed by atoms with Crippen molar-refractivity contribution in [2.45, 2.75) is 31.5 Å². The van der Waals surface area contributed by atoms with E-state index in [9.17, 15) is 18.0 Å². The van der Waals surface area contributed by atoms with Crippen molar-refractivity contribution < 1.29 is 18.0 Å². The van der Waals surface area contributed by atoms with Gasteiger partial charge in [-0.3, -0.25) is 4.79 Å². The molecule has 1 aliphatic carbocycles. The maximum atomic E-state index is 12.1. The second-order valence-electron chi connectivity index (χ2n) is 3.41. The summed E-state index contributed by atoms with van der Waals surface area (Å²) in [7, 11) is 0. The van der Waals surface area contributed by atoms with Crippen LogP contribution in [0, 0.1) is 0 Å². The molecule has 0 radical (unpaired) electrons. The van der Waals surface area contributed by atoms with Crippen molar-refractivity contribution in [3.63, 3.8) is 0 Å². The molecule has 0 spiro atoms. The summed E-state index contributed by atoms with van der Waals surface area (Å²) >= 11 is 0. The first-order valence-corrected chi connectivity index (χ1v) is 4.50. The highest BCUT2D eigenvalue weighted by Crippen LogP contribution is 2.30. The number of carbonyl (C=O) groups excluding carboxylic acids is 1. The van der Waals surface area contributed by atoms with Gasteiger partial charge in [0.1, 0.15) is 6.54 Å². The van der Waals surface area contributed by atoms with Crippen LogP contribution in [0.4, 0.5) is 13.2 Å². The molecule has 1 rings (SSSR count). The molecule has 6 heteroatoms. The molecule has 0 aliphatic heterocycles. The van der Waals surface area contributed by atoms with Crippen molar-refractivity contribution in [3.05, 3.63) is 0 Å². The lowest BCUT2D eigenvalue weighted by Gasteiger charge is -2.23. The predicted octanol–water partition coefficient (Wildman–Crippen LogP) is 0.889. The molecule has 14 heavy (non-hydrogen) atoms. The summed E-state index contributed by atoms with van der Waals surface area (Å²) in [4.78, 5) is 12.1. The van der Waals surface area contributed by atoms with Gasteiger partial charge in [0, 0.05) is 19.0 Å². The summed E-state index contributed by atoms with van der Waals surface area (Å²) in [6.45, 7) is -1.05. The Balaban J connectivity index is 2.51. The largest absolute Gasteiger partial charge is 0.406 e. The molecule has 2 N–H and O–H groups in total. The predicted molar refractivity (Wildman–Crippen MR) is 44.5 cm³/mol. The van der Waals surface area contributed by atoms with Crippen molar-refractivity contribution in [2.24, 2.45) is 5.73 Å². The molecule has 0 heterocycles. The van der Waals surface area contributed by atoms with Gasteiger partial charge in [0.15, 0.2) is 0 Å². The number of nitrogens with two attached hydrogens (primary N) is 1. The maximum Gasteiger partial charge on any atom is 0.406 e. The molecule has 82 valence electrons. The van der Waals surface area contributed by atoms with E-state index < -0.39 is 18.6 Å². The monoisotopic (exact) mass is 210 g/mol. The Morgan fingerprint density at radius 1 is 1.43 bits per heavy atom. The molecule has 0 saturated heterocycles. The van der Waals surface area contributed by atoms with E-state index >= 15 is 0 Å². The number of alkyl halides is 3. The SMILES string of the molecule is NCCC(=O)N(CC(F)(F)F)C1CC1. The Hall–Kier alpha value is -0.780. The van der Waals surface area contributed by atoms with Gasteiger partial charge in [0.25, 0.3) is 0 Å². The van der Waals surface area contributed by atoms with E-state index in [0.717, 1.165) is 4.90 Å². The van der Waals surface area contributed by atoms with Gasteiger partial charge in [-0.15, -0.1) is 0 Å². The highest BCUT2D eigenvalue weighted by atomic mass is 19.4. The van der Waals surface area contributed by atoms with Gasteiger partial charge >= 0.3 is 6.18 Å². The zero-order chi connectivity index (χ0) is 10.8. The molecular weight excluding hydrogens is 197 g/mol. The van der Waals surface area contributed by atoms with Crippen LogP contribution < -0.4 is 5.73 Å². The van der Waals surface area contributed by atoms with Crippen LogP contribution in [-0.2, 0) is 4.79 Å². The van der Waals surface area contributed by atoms with Gasteiger partial charge in [-0.1, -0.05) is 0 Å². The first-order valence-electron chi connectivity index (χ1n) is 4.50. The second kappa shape index (κ2) is 4.16. The van der Waals surface area contributed by atoms with Gasteiger partial charge < -0.3 is 10.6 Å². The quantitative estimate of drug-likeness (QED) is 0.749. The average molecular weight is 210 g/mol. The fourth-order valence-corrected chi connectivity index (χ4v) is 1.27. The fourth-order valence-electron chi connectivity index (χ4n) is 1.27. The van der Waals surface area contributed by atoms with E-state index in [1.807, 2.05) is 0 Å². The number of hydrogen-bond acceptors (Lipinski definition) is 2. The van der Waals surface area contributed by atoms with Crippen LogP contribution in [0.3, 0.4) is 0 Å². The smallest absolute Gasteiger partial charge is 0.331 e. The number of halogens is 3. The molecule has 0 bridgehead atoms. The molecule has 1 aliphatic rings. The van der Waals surface area contributed by atoms with Crippen LogP contribution in [0.15, 0.2) is 0 Å². The number of carbonyl (C=O) groups is 1. The van der Waals surface area contributed by atoms with Crippen LogP contribution in [0.2, 0.25) is 0 Å². The lowest BCUT2D eigenvalue weighted by Crippen LogP contribution is -2.41. The topological polar surface area (TPSA) is 46.3 Å². The van der Waals surface area contributed by atoms with E-state index in [1.54, 1.807) is 0 Å². The molecule has 0 aromatic rings. The van der Waals surface area contributed by atoms with Crippen molar-refractivity contribution >= 4 is 5.91 Å². The Labute approximate surface area is 80.0 Å². The van der Waals surface area contributed by atoms with E-state index in [2.05, 4.69) is 0 Å². The van der Waals surface area contributed by atoms with Gasteiger partial charge in [-0.25, -0.2) is 0 Å². The highest BCUT2D eigenvalue weighted by Gasteiger charge is 2.40. The minimum absolute atomic E-state index is 0.00736. The zero-order valence-corrected chi connectivity index (χ0v) is 7.68. The van der Waals surface area contributed by atoms with Gasteiger partial charge in [0.05, 0.1) is 0 Å². The highest BCUT2D eigenvalue weighted by molar-refractivity contribution is 5.77. The van der Waals surface area contributed by atoms with Crippen molar-refractivity contribution in [3.8, 4) is 0 Å². The third-order valence-corrected chi connectivity index (χ3v) is 2.02. The van der Waals surface area contributed by atoms with Crippen LogP contribution in [-0.4, -0.2) is 36.1 Å². The van der Waals surface area contributed by atoms with Crippen molar-refractivity contribution in [2.75, 3.05) is 13.1 Å². The van der Waals surface area contributed by atoms with Crippen LogP contribution >= 0.6 is 0 Å². The molecule has 0 aromatic carbocycles. The number of rotatable bonds is 4. The van der Waals surface area contributed by atoms with Crippen molar-refractivity contribution in [1.29, 1.82) is 0 Å². The molecule has 3 nitrogen and oxygen atoms in total. The summed E-state index contributed by atoms with van der Waals surface area (Å²) in [6, 6.07) is -0.212. The number of hydrogen-bond donors (Lipinski definition) is 1. The molecule has 0 aromatic heterocycles. The average Bonchev–Trinajstić information content (AvgIpc) is 2.81. The Morgan fingerprint density at radius 3 is 2.36 bits per heavy atom. The van der Waals surface area contributed by atoms with E-state index in [1.165, 1.54) is 0 Å². The summed E-state index contributed by atoms with van der Waals surface area (Å²) in [5.74, 6) is -0.493. The summed E-state index contributed by atoms with van der Waals surface area (Å²) < 4.78 is 36.2. The first kappa shape index (κ1) is 11.3. The van der Waals surface area contributed by atoms with Gasteiger partial charge in [0.2, 0.25) is 5.91 Å². The normalized spacial score (nSPS) is 16.9. The third kappa shape index (κ3) is 3.53. The summed E-state index contributed by atoms with van der Waals surface area (Å²) in [5.41, 5.74) is 5.12. The van der Waals surface area contributed by atoms with Crippen LogP contribution in [0.1, 0.15) is 19.3 Å². The Bertz CT molecular complexity index is 213. The first-order chi connectivity index (χ1) is 6.44. The van der Waals surface area contributed by atoms with Crippen molar-refractivity contribution in [1.82, 2.24) is 4.90 Å². The van der Waals surface area contributed by atoms with E-state index in [4.69, 9.17) is 5.73 Å². The molecule has 1 saturated carbocycles. The molecular formula is C8H13F3N2O. The number of nitrogens with zero attached hydrogens (tertiary/aromatic N) is 1. The lowest BCUT2D eigenvalue weighted by atomic mass is 10.3. The van der Waals surface area contributed by atoms with Gasteiger partial charge in [-0.05, 0) is 12.8 Å². The Kier molecular flexibility index (Phi) is 3.36. The molecule has 1 fully saturated rings. The minimum atomic E-state index is -4.31. The maximum absolute atomic E-state index is 12.1. The number of amides is 1. The zero-order valence-electron chi connectivity index (χ0n) is 7.68.